The Morgan fingerprint density at radius 2 is 2.10 bits per heavy atom. The molecule has 1 saturated carbocycles. The zero-order valence-electron chi connectivity index (χ0n) is 11.9. The number of rotatable bonds is 3. The molecule has 3 nitrogen and oxygen atoms in total. The summed E-state index contributed by atoms with van der Waals surface area (Å²) < 4.78 is 26.2. The first-order valence-electron chi connectivity index (χ1n) is 7.11. The summed E-state index contributed by atoms with van der Waals surface area (Å²) in [6, 6.07) is 3.69. The van der Waals surface area contributed by atoms with E-state index in [1.165, 1.54) is 37.6 Å². The fraction of sp³-hybridized carbons (Fsp3) is 0.467. The van der Waals surface area contributed by atoms with E-state index in [0.29, 0.717) is 17.1 Å². The molecule has 0 unspecified atom stereocenters. The molecule has 0 amide bonds. The maximum Gasteiger partial charge on any atom is 0.187 e. The minimum absolute atomic E-state index is 0.206. The summed E-state index contributed by atoms with van der Waals surface area (Å²) in [6.45, 7) is 2.20. The monoisotopic (exact) mass is 311 g/mol. The van der Waals surface area contributed by atoms with Gasteiger partial charge < -0.3 is 5.32 Å². The molecular formula is C15H19F2N3S. The highest BCUT2D eigenvalue weighted by Gasteiger charge is 2.21. The summed E-state index contributed by atoms with van der Waals surface area (Å²) in [6.07, 6.45) is 6.05. The van der Waals surface area contributed by atoms with E-state index in [0.717, 1.165) is 12.5 Å². The van der Waals surface area contributed by atoms with Gasteiger partial charge in [-0.25, -0.2) is 8.78 Å². The van der Waals surface area contributed by atoms with Crippen molar-refractivity contribution in [3.8, 4) is 0 Å². The summed E-state index contributed by atoms with van der Waals surface area (Å²) in [5.41, 5.74) is 2.88. The summed E-state index contributed by atoms with van der Waals surface area (Å²) in [7, 11) is 0. The molecule has 6 heteroatoms. The van der Waals surface area contributed by atoms with Gasteiger partial charge in [0.05, 0.1) is 6.21 Å². The second kappa shape index (κ2) is 7.45. The molecule has 114 valence electrons. The number of halogens is 2. The molecule has 1 aliphatic carbocycles. The largest absolute Gasteiger partial charge is 0.358 e. The van der Waals surface area contributed by atoms with Crippen molar-refractivity contribution in [2.24, 2.45) is 11.0 Å². The lowest BCUT2D eigenvalue weighted by Crippen LogP contribution is -2.44. The Morgan fingerprint density at radius 3 is 2.81 bits per heavy atom. The third-order valence-corrected chi connectivity index (χ3v) is 3.97. The molecule has 0 radical (unpaired) electrons. The second-order valence-electron chi connectivity index (χ2n) is 5.38. The van der Waals surface area contributed by atoms with Gasteiger partial charge in [-0.3, -0.25) is 5.43 Å². The molecular weight excluding hydrogens is 292 g/mol. The van der Waals surface area contributed by atoms with Gasteiger partial charge in [-0.15, -0.1) is 0 Å². The van der Waals surface area contributed by atoms with Crippen LogP contribution in [0.3, 0.4) is 0 Å². The molecule has 2 N–H and O–H groups in total. The molecule has 1 aromatic carbocycles. The van der Waals surface area contributed by atoms with E-state index >= 15 is 0 Å². The molecule has 0 aliphatic heterocycles. The van der Waals surface area contributed by atoms with Gasteiger partial charge in [0.25, 0.3) is 0 Å². The fourth-order valence-electron chi connectivity index (χ4n) is 2.50. The first kappa shape index (κ1) is 15.8. The minimum Gasteiger partial charge on any atom is -0.358 e. The molecule has 2 rings (SSSR count). The first-order valence-corrected chi connectivity index (χ1v) is 7.51. The lowest BCUT2D eigenvalue weighted by molar-refractivity contribution is 0.308. The number of hydrogen-bond acceptors (Lipinski definition) is 2. The average molecular weight is 311 g/mol. The second-order valence-corrected chi connectivity index (χ2v) is 5.79. The molecule has 2 atom stereocenters. The molecule has 0 saturated heterocycles. The smallest absolute Gasteiger partial charge is 0.187 e. The number of nitrogens with one attached hydrogen (secondary N) is 2. The minimum atomic E-state index is -0.652. The Bertz CT molecular complexity index is 534. The van der Waals surface area contributed by atoms with Gasteiger partial charge in [0.1, 0.15) is 11.6 Å². The summed E-state index contributed by atoms with van der Waals surface area (Å²) >= 11 is 5.17. The van der Waals surface area contributed by atoms with E-state index in [2.05, 4.69) is 22.8 Å². The van der Waals surface area contributed by atoms with E-state index in [9.17, 15) is 8.78 Å². The van der Waals surface area contributed by atoms with Gasteiger partial charge in [0, 0.05) is 17.7 Å². The Morgan fingerprint density at radius 1 is 1.33 bits per heavy atom. The van der Waals surface area contributed by atoms with Gasteiger partial charge in [-0.2, -0.15) is 5.10 Å². The van der Waals surface area contributed by atoms with Crippen molar-refractivity contribution in [1.29, 1.82) is 0 Å². The van der Waals surface area contributed by atoms with Crippen LogP contribution in [0.5, 0.6) is 0 Å². The highest BCUT2D eigenvalue weighted by Crippen LogP contribution is 2.23. The standard InChI is InChI=1S/C15H19F2N3S/c1-10-4-2-3-5-14(10)19-15(21)20-18-9-11-6-7-12(16)8-13(11)17/h6-10,14H,2-5H2,1H3,(H2,19,20,21)/b18-9-/t10-,14+/m1/s1. The molecule has 1 fully saturated rings. The van der Waals surface area contributed by atoms with Crippen molar-refractivity contribution in [1.82, 2.24) is 10.7 Å². The van der Waals surface area contributed by atoms with E-state index in [1.807, 2.05) is 0 Å². The normalized spacial score (nSPS) is 22.2. The molecule has 1 aromatic rings. The number of nitrogens with zero attached hydrogens (tertiary/aromatic N) is 1. The summed E-state index contributed by atoms with van der Waals surface area (Å²) in [5.74, 6) is -0.682. The fourth-order valence-corrected chi connectivity index (χ4v) is 2.70. The highest BCUT2D eigenvalue weighted by atomic mass is 32.1. The number of hydrogen-bond donors (Lipinski definition) is 2. The maximum atomic E-state index is 13.4. The Kier molecular flexibility index (Phi) is 5.61. The van der Waals surface area contributed by atoms with Gasteiger partial charge in [-0.1, -0.05) is 19.8 Å². The van der Waals surface area contributed by atoms with Crippen molar-refractivity contribution < 1.29 is 8.78 Å². The Hall–Kier alpha value is -1.56. The number of hydrazone groups is 1. The molecule has 0 heterocycles. The Labute approximate surface area is 128 Å². The third kappa shape index (κ3) is 4.74. The van der Waals surface area contributed by atoms with Crippen molar-refractivity contribution in [2.75, 3.05) is 0 Å². The van der Waals surface area contributed by atoms with Crippen molar-refractivity contribution >= 4 is 23.5 Å². The van der Waals surface area contributed by atoms with Crippen LogP contribution in [-0.2, 0) is 0 Å². The number of benzene rings is 1. The van der Waals surface area contributed by atoms with Gasteiger partial charge >= 0.3 is 0 Å². The van der Waals surface area contributed by atoms with Crippen LogP contribution in [0.2, 0.25) is 0 Å². The van der Waals surface area contributed by atoms with Crippen LogP contribution in [0.1, 0.15) is 38.2 Å². The quantitative estimate of drug-likeness (QED) is 0.511. The lowest BCUT2D eigenvalue weighted by Gasteiger charge is -2.30. The van der Waals surface area contributed by atoms with Gasteiger partial charge in [0.2, 0.25) is 0 Å². The van der Waals surface area contributed by atoms with Crippen molar-refractivity contribution in [2.45, 2.75) is 38.6 Å². The van der Waals surface area contributed by atoms with E-state index in [1.54, 1.807) is 0 Å². The number of thiocarbonyl (C=S) groups is 1. The van der Waals surface area contributed by atoms with Crippen molar-refractivity contribution in [3.63, 3.8) is 0 Å². The zero-order valence-corrected chi connectivity index (χ0v) is 12.7. The van der Waals surface area contributed by atoms with Crippen LogP contribution in [0, 0.1) is 17.6 Å². The highest BCUT2D eigenvalue weighted by molar-refractivity contribution is 7.80. The topological polar surface area (TPSA) is 36.4 Å². The Balaban J connectivity index is 1.84. The maximum absolute atomic E-state index is 13.4. The van der Waals surface area contributed by atoms with Crippen LogP contribution < -0.4 is 10.7 Å². The molecule has 0 spiro atoms. The summed E-state index contributed by atoms with van der Waals surface area (Å²) in [5, 5.41) is 7.54. The zero-order chi connectivity index (χ0) is 15.2. The molecule has 21 heavy (non-hydrogen) atoms. The molecule has 0 bridgehead atoms. The van der Waals surface area contributed by atoms with E-state index in [-0.39, 0.29) is 5.56 Å². The van der Waals surface area contributed by atoms with E-state index in [4.69, 9.17) is 12.2 Å². The summed E-state index contributed by atoms with van der Waals surface area (Å²) in [4.78, 5) is 0. The molecule has 1 aliphatic rings. The van der Waals surface area contributed by atoms with Crippen LogP contribution in [-0.4, -0.2) is 17.4 Å². The van der Waals surface area contributed by atoms with Crippen LogP contribution in [0.25, 0.3) is 0 Å². The van der Waals surface area contributed by atoms with E-state index < -0.39 is 11.6 Å². The SMILES string of the molecule is C[C@@H]1CCCC[C@@H]1NC(=S)N/N=C\c1ccc(F)cc1F. The van der Waals surface area contributed by atoms with Crippen LogP contribution in [0.4, 0.5) is 8.78 Å². The first-order chi connectivity index (χ1) is 10.1. The lowest BCUT2D eigenvalue weighted by atomic mass is 9.86. The van der Waals surface area contributed by atoms with Crippen LogP contribution in [0.15, 0.2) is 23.3 Å². The molecule has 0 aromatic heterocycles. The third-order valence-electron chi connectivity index (χ3n) is 3.76. The predicted octanol–water partition coefficient (Wildman–Crippen LogP) is 3.34. The van der Waals surface area contributed by atoms with Gasteiger partial charge in [-0.05, 0) is 43.1 Å². The van der Waals surface area contributed by atoms with Crippen LogP contribution >= 0.6 is 12.2 Å². The van der Waals surface area contributed by atoms with Gasteiger partial charge in [0.15, 0.2) is 5.11 Å². The average Bonchev–Trinajstić information content (AvgIpc) is 2.44. The van der Waals surface area contributed by atoms with Crippen molar-refractivity contribution in [3.05, 3.63) is 35.4 Å². The predicted molar refractivity (Wildman–Crippen MR) is 84.2 cm³/mol.